The van der Waals surface area contributed by atoms with Gasteiger partial charge in [0.1, 0.15) is 0 Å². The van der Waals surface area contributed by atoms with Gasteiger partial charge < -0.3 is 5.11 Å². The molecule has 0 amide bonds. The zero-order valence-electron chi connectivity index (χ0n) is 8.94. The minimum Gasteiger partial charge on any atom is -0.493 e. The molecule has 0 aliphatic carbocycles. The summed E-state index contributed by atoms with van der Waals surface area (Å²) in [7, 11) is 0. The topological polar surface area (TPSA) is 38.0 Å². The SMILES string of the molecule is CCc1cnn(-c2ccccc2C)c1O. The minimum absolute atomic E-state index is 0.242. The Hall–Kier alpha value is -1.77. The first-order valence-electron chi connectivity index (χ1n) is 5.06. The van der Waals surface area contributed by atoms with Gasteiger partial charge in [0, 0.05) is 5.56 Å². The zero-order chi connectivity index (χ0) is 10.8. The van der Waals surface area contributed by atoms with Crippen LogP contribution in [0.4, 0.5) is 0 Å². The van der Waals surface area contributed by atoms with Crippen molar-refractivity contribution in [2.75, 3.05) is 0 Å². The van der Waals surface area contributed by atoms with Crippen molar-refractivity contribution in [2.45, 2.75) is 20.3 Å². The predicted octanol–water partition coefficient (Wildman–Crippen LogP) is 2.45. The first-order chi connectivity index (χ1) is 7.24. The van der Waals surface area contributed by atoms with E-state index in [4.69, 9.17) is 0 Å². The van der Waals surface area contributed by atoms with Crippen molar-refractivity contribution in [1.82, 2.24) is 9.78 Å². The lowest BCUT2D eigenvalue weighted by molar-refractivity contribution is 0.428. The average molecular weight is 202 g/mol. The molecule has 1 aromatic carbocycles. The molecule has 1 aromatic heterocycles. The summed E-state index contributed by atoms with van der Waals surface area (Å²) >= 11 is 0. The maximum atomic E-state index is 9.91. The molecule has 0 saturated carbocycles. The Morgan fingerprint density at radius 3 is 2.67 bits per heavy atom. The quantitative estimate of drug-likeness (QED) is 0.812. The summed E-state index contributed by atoms with van der Waals surface area (Å²) in [6.45, 7) is 4.00. The number of para-hydroxylation sites is 1. The second kappa shape index (κ2) is 3.77. The summed E-state index contributed by atoms with van der Waals surface area (Å²) in [4.78, 5) is 0. The summed E-state index contributed by atoms with van der Waals surface area (Å²) in [6.07, 6.45) is 2.50. The highest BCUT2D eigenvalue weighted by molar-refractivity contribution is 5.43. The normalized spacial score (nSPS) is 10.5. The van der Waals surface area contributed by atoms with E-state index in [-0.39, 0.29) is 5.88 Å². The van der Waals surface area contributed by atoms with E-state index in [2.05, 4.69) is 5.10 Å². The monoisotopic (exact) mass is 202 g/mol. The van der Waals surface area contributed by atoms with E-state index in [1.54, 1.807) is 10.9 Å². The van der Waals surface area contributed by atoms with Crippen LogP contribution in [0.2, 0.25) is 0 Å². The summed E-state index contributed by atoms with van der Waals surface area (Å²) in [5, 5.41) is 14.1. The molecule has 15 heavy (non-hydrogen) atoms. The van der Waals surface area contributed by atoms with Crippen LogP contribution >= 0.6 is 0 Å². The lowest BCUT2D eigenvalue weighted by Gasteiger charge is -2.06. The van der Waals surface area contributed by atoms with Gasteiger partial charge in [0.05, 0.1) is 11.9 Å². The molecule has 0 bridgehead atoms. The third-order valence-corrected chi connectivity index (χ3v) is 2.54. The van der Waals surface area contributed by atoms with Crippen LogP contribution in [0.1, 0.15) is 18.1 Å². The Morgan fingerprint density at radius 1 is 1.33 bits per heavy atom. The van der Waals surface area contributed by atoms with Gasteiger partial charge in [0.15, 0.2) is 0 Å². The first-order valence-corrected chi connectivity index (χ1v) is 5.06. The molecule has 0 unspecified atom stereocenters. The van der Waals surface area contributed by atoms with Crippen molar-refractivity contribution < 1.29 is 5.11 Å². The summed E-state index contributed by atoms with van der Waals surface area (Å²) < 4.78 is 1.58. The maximum Gasteiger partial charge on any atom is 0.217 e. The molecule has 78 valence electrons. The average Bonchev–Trinajstić information content (AvgIpc) is 2.60. The van der Waals surface area contributed by atoms with Crippen LogP contribution in [0.25, 0.3) is 5.69 Å². The van der Waals surface area contributed by atoms with E-state index < -0.39 is 0 Å². The van der Waals surface area contributed by atoms with Crippen molar-refractivity contribution in [3.8, 4) is 11.6 Å². The molecule has 0 radical (unpaired) electrons. The van der Waals surface area contributed by atoms with Crippen molar-refractivity contribution in [3.63, 3.8) is 0 Å². The van der Waals surface area contributed by atoms with Gasteiger partial charge in [0.2, 0.25) is 5.88 Å². The Bertz CT molecular complexity index is 474. The van der Waals surface area contributed by atoms with Crippen LogP contribution < -0.4 is 0 Å². The number of aromatic hydroxyl groups is 1. The molecule has 3 heteroatoms. The van der Waals surface area contributed by atoms with Crippen LogP contribution in [0.15, 0.2) is 30.5 Å². The van der Waals surface area contributed by atoms with Crippen LogP contribution in [0.5, 0.6) is 5.88 Å². The molecule has 0 atom stereocenters. The van der Waals surface area contributed by atoms with Crippen LogP contribution in [-0.4, -0.2) is 14.9 Å². The summed E-state index contributed by atoms with van der Waals surface area (Å²) in [6, 6.07) is 7.86. The lowest BCUT2D eigenvalue weighted by atomic mass is 10.2. The largest absolute Gasteiger partial charge is 0.493 e. The van der Waals surface area contributed by atoms with E-state index in [1.807, 2.05) is 38.1 Å². The standard InChI is InChI=1S/C12H14N2O/c1-3-10-8-13-14(12(10)15)11-7-5-4-6-9(11)2/h4-8,15H,3H2,1-2H3. The number of hydrogen-bond donors (Lipinski definition) is 1. The molecule has 3 nitrogen and oxygen atoms in total. The van der Waals surface area contributed by atoms with E-state index in [0.29, 0.717) is 0 Å². The van der Waals surface area contributed by atoms with Crippen LogP contribution in [0, 0.1) is 6.92 Å². The van der Waals surface area contributed by atoms with Crippen molar-refractivity contribution in [2.24, 2.45) is 0 Å². The first kappa shape index (κ1) is 9.77. The third-order valence-electron chi connectivity index (χ3n) is 2.54. The number of aryl methyl sites for hydroxylation is 2. The number of benzene rings is 1. The molecular weight excluding hydrogens is 188 g/mol. The molecular formula is C12H14N2O. The maximum absolute atomic E-state index is 9.91. The van der Waals surface area contributed by atoms with Gasteiger partial charge in [-0.15, -0.1) is 0 Å². The molecule has 1 heterocycles. The van der Waals surface area contributed by atoms with E-state index in [9.17, 15) is 5.11 Å². The van der Waals surface area contributed by atoms with Crippen molar-refractivity contribution in [3.05, 3.63) is 41.6 Å². The fourth-order valence-corrected chi connectivity index (χ4v) is 1.60. The van der Waals surface area contributed by atoms with Crippen molar-refractivity contribution in [1.29, 1.82) is 0 Å². The highest BCUT2D eigenvalue weighted by Gasteiger charge is 2.10. The lowest BCUT2D eigenvalue weighted by Crippen LogP contribution is -1.97. The summed E-state index contributed by atoms with van der Waals surface area (Å²) in [5.74, 6) is 0.242. The fraction of sp³-hybridized carbons (Fsp3) is 0.250. The van der Waals surface area contributed by atoms with Gasteiger partial charge in [-0.1, -0.05) is 25.1 Å². The third kappa shape index (κ3) is 1.61. The van der Waals surface area contributed by atoms with E-state index >= 15 is 0 Å². The predicted molar refractivity (Wildman–Crippen MR) is 59.3 cm³/mol. The highest BCUT2D eigenvalue weighted by atomic mass is 16.3. The Morgan fingerprint density at radius 2 is 2.07 bits per heavy atom. The number of hydrogen-bond acceptors (Lipinski definition) is 2. The number of aromatic nitrogens is 2. The Kier molecular flexibility index (Phi) is 2.46. The van der Waals surface area contributed by atoms with Gasteiger partial charge >= 0.3 is 0 Å². The highest BCUT2D eigenvalue weighted by Crippen LogP contribution is 2.23. The zero-order valence-corrected chi connectivity index (χ0v) is 8.94. The van der Waals surface area contributed by atoms with Crippen LogP contribution in [0.3, 0.4) is 0 Å². The Balaban J connectivity index is 2.55. The molecule has 2 rings (SSSR count). The number of rotatable bonds is 2. The second-order valence-corrected chi connectivity index (χ2v) is 3.55. The molecule has 0 spiro atoms. The van der Waals surface area contributed by atoms with Gasteiger partial charge in [0.25, 0.3) is 0 Å². The molecule has 0 fully saturated rings. The van der Waals surface area contributed by atoms with Gasteiger partial charge in [-0.3, -0.25) is 0 Å². The Labute approximate surface area is 89.0 Å². The second-order valence-electron chi connectivity index (χ2n) is 3.55. The van der Waals surface area contributed by atoms with E-state index in [0.717, 1.165) is 23.2 Å². The number of nitrogens with zero attached hydrogens (tertiary/aromatic N) is 2. The molecule has 0 aliphatic heterocycles. The van der Waals surface area contributed by atoms with Crippen LogP contribution in [-0.2, 0) is 6.42 Å². The van der Waals surface area contributed by atoms with Gasteiger partial charge in [-0.25, -0.2) is 4.68 Å². The summed E-state index contributed by atoms with van der Waals surface area (Å²) in [5.41, 5.74) is 2.89. The molecule has 0 aliphatic rings. The van der Waals surface area contributed by atoms with Gasteiger partial charge in [-0.2, -0.15) is 5.10 Å². The molecule has 2 aromatic rings. The van der Waals surface area contributed by atoms with E-state index in [1.165, 1.54) is 0 Å². The minimum atomic E-state index is 0.242. The molecule has 1 N–H and O–H groups in total. The van der Waals surface area contributed by atoms with Crippen molar-refractivity contribution >= 4 is 0 Å². The fourth-order valence-electron chi connectivity index (χ4n) is 1.60. The smallest absolute Gasteiger partial charge is 0.217 e. The molecule has 0 saturated heterocycles. The van der Waals surface area contributed by atoms with Gasteiger partial charge in [-0.05, 0) is 25.0 Å².